The summed E-state index contributed by atoms with van der Waals surface area (Å²) in [7, 11) is 0. The first-order valence-electron chi connectivity index (χ1n) is 6.62. The van der Waals surface area contributed by atoms with E-state index in [1.807, 2.05) is 12.1 Å². The summed E-state index contributed by atoms with van der Waals surface area (Å²) in [5.74, 6) is 5.05. The van der Waals surface area contributed by atoms with E-state index in [-0.39, 0.29) is 5.76 Å². The summed E-state index contributed by atoms with van der Waals surface area (Å²) in [6.45, 7) is 2.82. The third-order valence-corrected chi connectivity index (χ3v) is 3.77. The van der Waals surface area contributed by atoms with Crippen molar-refractivity contribution >= 4 is 11.6 Å². The molecule has 3 rings (SSSR count). The molecule has 1 aliphatic rings. The zero-order valence-corrected chi connectivity index (χ0v) is 11.3. The van der Waals surface area contributed by atoms with Gasteiger partial charge in [-0.2, -0.15) is 0 Å². The maximum atomic E-state index is 11.6. The van der Waals surface area contributed by atoms with Gasteiger partial charge in [-0.15, -0.1) is 0 Å². The Hall–Kier alpha value is -2.27. The normalized spacial score (nSPS) is 17.1. The molecule has 1 aromatic carbocycles. The van der Waals surface area contributed by atoms with Crippen molar-refractivity contribution in [2.75, 3.05) is 4.90 Å². The fourth-order valence-electron chi connectivity index (χ4n) is 2.78. The summed E-state index contributed by atoms with van der Waals surface area (Å²) in [5.41, 5.74) is 5.52. The summed E-state index contributed by atoms with van der Waals surface area (Å²) in [4.78, 5) is 13.9. The van der Waals surface area contributed by atoms with E-state index in [0.717, 1.165) is 12.0 Å². The number of hydrogen-bond donors (Lipinski definition) is 2. The smallest absolute Gasteiger partial charge is 0.301 e. The average molecular weight is 271 g/mol. The summed E-state index contributed by atoms with van der Waals surface area (Å²) >= 11 is 0. The fourth-order valence-corrected chi connectivity index (χ4v) is 2.78. The molecule has 0 aliphatic carbocycles. The van der Waals surface area contributed by atoms with Gasteiger partial charge in [0.05, 0.1) is 6.26 Å². The Morgan fingerprint density at radius 2 is 2.25 bits per heavy atom. The van der Waals surface area contributed by atoms with Crippen LogP contribution in [-0.2, 0) is 13.0 Å². The van der Waals surface area contributed by atoms with Gasteiger partial charge in [0.2, 0.25) is 0 Å². The molecule has 3 N–H and O–H groups in total. The number of carbonyl (C=O) groups excluding carboxylic acids is 1. The monoisotopic (exact) mass is 271 g/mol. The Balaban J connectivity index is 1.89. The van der Waals surface area contributed by atoms with E-state index in [9.17, 15) is 4.79 Å². The molecule has 20 heavy (non-hydrogen) atoms. The number of fused-ring (bicyclic) bond motifs is 1. The second-order valence-electron chi connectivity index (χ2n) is 5.06. The van der Waals surface area contributed by atoms with Gasteiger partial charge in [-0.05, 0) is 31.0 Å². The second-order valence-corrected chi connectivity index (χ2v) is 5.06. The lowest BCUT2D eigenvalue weighted by Crippen LogP contribution is -2.32. The van der Waals surface area contributed by atoms with Gasteiger partial charge in [0.1, 0.15) is 0 Å². The van der Waals surface area contributed by atoms with Gasteiger partial charge in [-0.25, -0.2) is 5.84 Å². The number of anilines is 1. The Kier molecular flexibility index (Phi) is 3.20. The third-order valence-electron chi connectivity index (χ3n) is 3.77. The van der Waals surface area contributed by atoms with Crippen molar-refractivity contribution in [1.82, 2.24) is 5.43 Å². The van der Waals surface area contributed by atoms with Crippen LogP contribution in [0.4, 0.5) is 5.69 Å². The van der Waals surface area contributed by atoms with Gasteiger partial charge in [0, 0.05) is 23.8 Å². The molecule has 0 spiro atoms. The summed E-state index contributed by atoms with van der Waals surface area (Å²) < 4.78 is 5.23. The maximum absolute atomic E-state index is 11.6. The number of nitrogens with zero attached hydrogens (tertiary/aromatic N) is 1. The van der Waals surface area contributed by atoms with Crippen LogP contribution in [0.2, 0.25) is 0 Å². The van der Waals surface area contributed by atoms with E-state index in [1.165, 1.54) is 17.5 Å². The lowest BCUT2D eigenvalue weighted by Gasteiger charge is -2.24. The molecule has 1 unspecified atom stereocenters. The molecule has 0 bridgehead atoms. The zero-order chi connectivity index (χ0) is 14.1. The van der Waals surface area contributed by atoms with Crippen molar-refractivity contribution in [1.29, 1.82) is 0 Å². The first-order valence-corrected chi connectivity index (χ1v) is 6.62. The van der Waals surface area contributed by atoms with E-state index in [4.69, 9.17) is 10.3 Å². The van der Waals surface area contributed by atoms with Crippen molar-refractivity contribution in [2.24, 2.45) is 5.84 Å². The number of rotatable bonds is 3. The lowest BCUT2D eigenvalue weighted by molar-refractivity contribution is 0.0924. The Labute approximate surface area is 117 Å². The Morgan fingerprint density at radius 3 is 3.05 bits per heavy atom. The van der Waals surface area contributed by atoms with E-state index in [0.29, 0.717) is 12.6 Å². The van der Waals surface area contributed by atoms with Crippen LogP contribution in [0.15, 0.2) is 41.0 Å². The molecule has 2 aromatic rings. The molecule has 104 valence electrons. The van der Waals surface area contributed by atoms with Crippen LogP contribution in [0.25, 0.3) is 0 Å². The molecule has 1 amide bonds. The molecule has 1 atom stereocenters. The van der Waals surface area contributed by atoms with E-state index < -0.39 is 5.91 Å². The molecule has 5 heteroatoms. The standard InChI is InChI=1S/C15H17N3O2/c1-10-8-11-4-2-3-5-13(11)18(10)9-12-6-7-20-14(12)15(19)17-16/h2-7,10H,8-9,16H2,1H3,(H,17,19). The Bertz CT molecular complexity index is 636. The average Bonchev–Trinajstić information content (AvgIpc) is 3.04. The van der Waals surface area contributed by atoms with Crippen LogP contribution in [-0.4, -0.2) is 11.9 Å². The SMILES string of the molecule is CC1Cc2ccccc2N1Cc1ccoc1C(=O)NN. The Morgan fingerprint density at radius 1 is 1.45 bits per heavy atom. The third kappa shape index (κ3) is 2.06. The minimum atomic E-state index is -0.398. The van der Waals surface area contributed by atoms with Crippen LogP contribution < -0.4 is 16.2 Å². The predicted octanol–water partition coefficient (Wildman–Crippen LogP) is 1.83. The van der Waals surface area contributed by atoms with Crippen molar-refractivity contribution in [2.45, 2.75) is 25.9 Å². The number of para-hydroxylation sites is 1. The largest absolute Gasteiger partial charge is 0.459 e. The number of nitrogens with one attached hydrogen (secondary N) is 1. The van der Waals surface area contributed by atoms with Crippen molar-refractivity contribution < 1.29 is 9.21 Å². The zero-order valence-electron chi connectivity index (χ0n) is 11.3. The minimum absolute atomic E-state index is 0.282. The van der Waals surface area contributed by atoms with Crippen molar-refractivity contribution in [3.05, 3.63) is 53.5 Å². The topological polar surface area (TPSA) is 71.5 Å². The number of hydrazine groups is 1. The lowest BCUT2D eigenvalue weighted by atomic mass is 10.1. The molecule has 1 aliphatic heterocycles. The predicted molar refractivity (Wildman–Crippen MR) is 76.2 cm³/mol. The molecule has 5 nitrogen and oxygen atoms in total. The van der Waals surface area contributed by atoms with Crippen LogP contribution in [0.3, 0.4) is 0 Å². The van der Waals surface area contributed by atoms with Gasteiger partial charge in [0.25, 0.3) is 0 Å². The van der Waals surface area contributed by atoms with E-state index in [2.05, 4.69) is 35.4 Å². The summed E-state index contributed by atoms with van der Waals surface area (Å²) in [6.07, 6.45) is 2.54. The minimum Gasteiger partial charge on any atom is -0.459 e. The number of benzene rings is 1. The van der Waals surface area contributed by atoms with Crippen molar-refractivity contribution in [3.8, 4) is 0 Å². The van der Waals surface area contributed by atoms with E-state index in [1.54, 1.807) is 0 Å². The molecule has 1 aromatic heterocycles. The van der Waals surface area contributed by atoms with Crippen LogP contribution in [0.1, 0.15) is 28.6 Å². The summed E-state index contributed by atoms with van der Waals surface area (Å²) in [6, 6.07) is 10.6. The molecule has 0 saturated heterocycles. The molecular formula is C15H17N3O2. The molecule has 0 saturated carbocycles. The number of hydrogen-bond acceptors (Lipinski definition) is 4. The van der Waals surface area contributed by atoms with Crippen LogP contribution >= 0.6 is 0 Å². The molecular weight excluding hydrogens is 254 g/mol. The number of carbonyl (C=O) groups is 1. The maximum Gasteiger partial charge on any atom is 0.301 e. The first kappa shape index (κ1) is 12.7. The highest BCUT2D eigenvalue weighted by Gasteiger charge is 2.27. The van der Waals surface area contributed by atoms with Crippen LogP contribution in [0, 0.1) is 0 Å². The van der Waals surface area contributed by atoms with Gasteiger partial charge in [0.15, 0.2) is 5.76 Å². The van der Waals surface area contributed by atoms with Crippen molar-refractivity contribution in [3.63, 3.8) is 0 Å². The number of nitrogens with two attached hydrogens (primary N) is 1. The quantitative estimate of drug-likeness (QED) is 0.507. The first-order chi connectivity index (χ1) is 9.70. The van der Waals surface area contributed by atoms with Gasteiger partial charge in [-0.3, -0.25) is 10.2 Å². The number of nitrogen functional groups attached to an aromatic ring is 1. The second kappa shape index (κ2) is 5.02. The molecule has 0 fully saturated rings. The highest BCUT2D eigenvalue weighted by Crippen LogP contribution is 2.33. The molecule has 0 radical (unpaired) electrons. The van der Waals surface area contributed by atoms with Gasteiger partial charge >= 0.3 is 5.91 Å². The van der Waals surface area contributed by atoms with Crippen LogP contribution in [0.5, 0.6) is 0 Å². The molecule has 2 heterocycles. The number of amides is 1. The highest BCUT2D eigenvalue weighted by atomic mass is 16.3. The highest BCUT2D eigenvalue weighted by molar-refractivity contribution is 5.92. The van der Waals surface area contributed by atoms with Gasteiger partial charge in [-0.1, -0.05) is 18.2 Å². The van der Waals surface area contributed by atoms with Gasteiger partial charge < -0.3 is 9.32 Å². The fraction of sp³-hybridized carbons (Fsp3) is 0.267. The summed E-state index contributed by atoms with van der Waals surface area (Å²) in [5, 5.41) is 0. The number of furan rings is 1. The van der Waals surface area contributed by atoms with E-state index >= 15 is 0 Å².